The van der Waals surface area contributed by atoms with Crippen molar-refractivity contribution < 1.29 is 24.5 Å². The van der Waals surface area contributed by atoms with E-state index in [1.54, 1.807) is 0 Å². The number of rotatable bonds is 45. The lowest BCUT2D eigenvalue weighted by molar-refractivity contribution is -0.145. The fourth-order valence-corrected chi connectivity index (χ4v) is 7.78. The standard InChI is InChI=1S/C48H97NO5/c1-5-9-13-17-19-25-35-45(33-23-15-11-7-3)43-53-47(51)37-27-21-29-39-49(41-31-32-42-50)40-30-22-28-38-48(52)54-44-46(34-24-16-12-8-4)36-26-20-18-14-10-6-2/h45-47,50-51H,5-44H2,1-4H3. The van der Waals surface area contributed by atoms with Crippen LogP contribution in [0.5, 0.6) is 0 Å². The molecule has 0 saturated carbocycles. The van der Waals surface area contributed by atoms with Crippen molar-refractivity contribution >= 4 is 5.97 Å². The molecule has 3 unspecified atom stereocenters. The fourth-order valence-electron chi connectivity index (χ4n) is 7.78. The van der Waals surface area contributed by atoms with Crippen LogP contribution in [-0.2, 0) is 14.3 Å². The molecule has 6 nitrogen and oxygen atoms in total. The number of hydrogen-bond acceptors (Lipinski definition) is 6. The van der Waals surface area contributed by atoms with E-state index in [4.69, 9.17) is 9.47 Å². The van der Waals surface area contributed by atoms with E-state index in [1.807, 2.05) is 0 Å². The van der Waals surface area contributed by atoms with E-state index in [9.17, 15) is 15.0 Å². The Morgan fingerprint density at radius 2 is 0.833 bits per heavy atom. The second-order valence-corrected chi connectivity index (χ2v) is 16.9. The lowest BCUT2D eigenvalue weighted by Crippen LogP contribution is -2.27. The summed E-state index contributed by atoms with van der Waals surface area (Å²) in [6.07, 6.45) is 39.8. The molecule has 0 aromatic heterocycles. The maximum atomic E-state index is 12.6. The Morgan fingerprint density at radius 3 is 1.31 bits per heavy atom. The second-order valence-electron chi connectivity index (χ2n) is 16.9. The molecule has 0 spiro atoms. The SMILES string of the molecule is CCCCCCCCC(CCCCCC)COC(=O)CCCCCN(CCCCO)CCCCCC(O)OCC(CCCCCC)CCCCCCCC. The fraction of sp³-hybridized carbons (Fsp3) is 0.979. The van der Waals surface area contributed by atoms with Crippen molar-refractivity contribution in [1.82, 2.24) is 4.90 Å². The van der Waals surface area contributed by atoms with E-state index in [2.05, 4.69) is 32.6 Å². The second kappa shape index (κ2) is 43.4. The molecule has 0 fully saturated rings. The molecule has 0 aliphatic rings. The molecular weight excluding hydrogens is 671 g/mol. The highest BCUT2D eigenvalue weighted by Gasteiger charge is 2.14. The highest BCUT2D eigenvalue weighted by atomic mass is 16.6. The van der Waals surface area contributed by atoms with Crippen molar-refractivity contribution in [2.45, 2.75) is 252 Å². The normalized spacial score (nSPS) is 13.5. The van der Waals surface area contributed by atoms with Gasteiger partial charge in [-0.2, -0.15) is 0 Å². The molecule has 0 aromatic rings. The zero-order valence-corrected chi connectivity index (χ0v) is 37.1. The van der Waals surface area contributed by atoms with Gasteiger partial charge in [0.2, 0.25) is 0 Å². The highest BCUT2D eigenvalue weighted by molar-refractivity contribution is 5.69. The molecule has 6 heteroatoms. The minimum atomic E-state index is -0.642. The Bertz CT molecular complexity index is 736. The van der Waals surface area contributed by atoms with Gasteiger partial charge in [0.25, 0.3) is 0 Å². The molecule has 0 heterocycles. The lowest BCUT2D eigenvalue weighted by Gasteiger charge is -2.22. The summed E-state index contributed by atoms with van der Waals surface area (Å²) in [5.74, 6) is 1.10. The van der Waals surface area contributed by atoms with Crippen molar-refractivity contribution in [2.24, 2.45) is 11.8 Å². The molecular formula is C48H97NO5. The first kappa shape index (κ1) is 53.3. The minimum absolute atomic E-state index is 0.0113. The predicted molar refractivity (Wildman–Crippen MR) is 233 cm³/mol. The summed E-state index contributed by atoms with van der Waals surface area (Å²) in [5, 5.41) is 20.0. The Morgan fingerprint density at radius 1 is 0.463 bits per heavy atom. The van der Waals surface area contributed by atoms with Crippen LogP contribution < -0.4 is 0 Å². The van der Waals surface area contributed by atoms with Gasteiger partial charge in [0.05, 0.1) is 13.2 Å². The van der Waals surface area contributed by atoms with Gasteiger partial charge in [-0.25, -0.2) is 0 Å². The van der Waals surface area contributed by atoms with Crippen molar-refractivity contribution in [3.05, 3.63) is 0 Å². The molecule has 0 amide bonds. The summed E-state index contributed by atoms with van der Waals surface area (Å²) in [6, 6.07) is 0. The molecule has 0 radical (unpaired) electrons. The van der Waals surface area contributed by atoms with Crippen LogP contribution in [0.25, 0.3) is 0 Å². The number of carbonyl (C=O) groups excluding carboxylic acids is 1. The smallest absolute Gasteiger partial charge is 0.305 e. The van der Waals surface area contributed by atoms with E-state index >= 15 is 0 Å². The van der Waals surface area contributed by atoms with Crippen LogP contribution in [0.2, 0.25) is 0 Å². The number of carbonyl (C=O) groups is 1. The predicted octanol–water partition coefficient (Wildman–Crippen LogP) is 13.7. The van der Waals surface area contributed by atoms with Gasteiger partial charge in [-0.3, -0.25) is 4.79 Å². The van der Waals surface area contributed by atoms with Gasteiger partial charge >= 0.3 is 5.97 Å². The van der Waals surface area contributed by atoms with Gasteiger partial charge in [0.15, 0.2) is 6.29 Å². The molecule has 0 aliphatic carbocycles. The van der Waals surface area contributed by atoms with Crippen molar-refractivity contribution in [1.29, 1.82) is 0 Å². The van der Waals surface area contributed by atoms with Crippen molar-refractivity contribution in [3.8, 4) is 0 Å². The Labute approximate surface area is 338 Å². The summed E-state index contributed by atoms with van der Waals surface area (Å²) < 4.78 is 11.8. The molecule has 0 rings (SSSR count). The topological polar surface area (TPSA) is 79.2 Å². The van der Waals surface area contributed by atoms with E-state index in [-0.39, 0.29) is 12.6 Å². The molecule has 324 valence electrons. The van der Waals surface area contributed by atoms with Crippen LogP contribution in [0.4, 0.5) is 0 Å². The number of ether oxygens (including phenoxy) is 2. The van der Waals surface area contributed by atoms with Crippen molar-refractivity contribution in [2.75, 3.05) is 39.5 Å². The van der Waals surface area contributed by atoms with Gasteiger partial charge in [0.1, 0.15) is 0 Å². The van der Waals surface area contributed by atoms with Crippen molar-refractivity contribution in [3.63, 3.8) is 0 Å². The maximum absolute atomic E-state index is 12.6. The van der Waals surface area contributed by atoms with Gasteiger partial charge in [-0.1, -0.05) is 169 Å². The molecule has 3 atom stereocenters. The molecule has 2 N–H and O–H groups in total. The first-order valence-corrected chi connectivity index (χ1v) is 24.3. The van der Waals surface area contributed by atoms with Crippen LogP contribution in [-0.4, -0.2) is 66.8 Å². The minimum Gasteiger partial charge on any atom is -0.465 e. The first-order valence-electron chi connectivity index (χ1n) is 24.3. The number of unbranched alkanes of at least 4 members (excludes halogenated alkanes) is 21. The number of aliphatic hydroxyl groups excluding tert-OH is 2. The third-order valence-corrected chi connectivity index (χ3v) is 11.5. The Kier molecular flexibility index (Phi) is 42.9. The van der Waals surface area contributed by atoms with Crippen LogP contribution in [0.15, 0.2) is 0 Å². The summed E-state index contributed by atoms with van der Waals surface area (Å²) >= 11 is 0. The highest BCUT2D eigenvalue weighted by Crippen LogP contribution is 2.22. The van der Waals surface area contributed by atoms with E-state index in [0.717, 1.165) is 77.4 Å². The molecule has 0 aromatic carbocycles. The third-order valence-electron chi connectivity index (χ3n) is 11.5. The quantitative estimate of drug-likeness (QED) is 0.0365. The Hall–Kier alpha value is -0.690. The molecule has 54 heavy (non-hydrogen) atoms. The van der Waals surface area contributed by atoms with Gasteiger partial charge in [0, 0.05) is 13.0 Å². The van der Waals surface area contributed by atoms with E-state index in [1.165, 1.54) is 154 Å². The van der Waals surface area contributed by atoms with Gasteiger partial charge < -0.3 is 24.6 Å². The monoisotopic (exact) mass is 768 g/mol. The number of hydrogen-bond donors (Lipinski definition) is 2. The number of esters is 1. The zero-order valence-electron chi connectivity index (χ0n) is 37.1. The average molecular weight is 768 g/mol. The Balaban J connectivity index is 4.38. The summed E-state index contributed by atoms with van der Waals surface area (Å²) in [5.41, 5.74) is 0. The summed E-state index contributed by atoms with van der Waals surface area (Å²) in [4.78, 5) is 15.2. The molecule has 0 saturated heterocycles. The van der Waals surface area contributed by atoms with Crippen LogP contribution in [0.3, 0.4) is 0 Å². The van der Waals surface area contributed by atoms with Crippen LogP contribution >= 0.6 is 0 Å². The van der Waals surface area contributed by atoms with E-state index in [0.29, 0.717) is 31.5 Å². The van der Waals surface area contributed by atoms with Gasteiger partial charge in [-0.05, 0) is 102 Å². The number of nitrogens with zero attached hydrogens (tertiary/aromatic N) is 1. The van der Waals surface area contributed by atoms with Crippen LogP contribution in [0.1, 0.15) is 246 Å². The van der Waals surface area contributed by atoms with Crippen LogP contribution in [0, 0.1) is 11.8 Å². The largest absolute Gasteiger partial charge is 0.465 e. The summed E-state index contributed by atoms with van der Waals surface area (Å²) in [6.45, 7) is 13.8. The summed E-state index contributed by atoms with van der Waals surface area (Å²) in [7, 11) is 0. The van der Waals surface area contributed by atoms with E-state index < -0.39 is 6.29 Å². The third kappa shape index (κ3) is 38.2. The number of aliphatic hydroxyl groups is 2. The first-order chi connectivity index (χ1) is 26.5. The lowest BCUT2D eigenvalue weighted by atomic mass is 9.95. The molecule has 0 aliphatic heterocycles. The maximum Gasteiger partial charge on any atom is 0.305 e. The molecule has 0 bridgehead atoms. The van der Waals surface area contributed by atoms with Gasteiger partial charge in [-0.15, -0.1) is 0 Å². The average Bonchev–Trinajstić information content (AvgIpc) is 3.17. The zero-order chi connectivity index (χ0) is 39.6.